The maximum Gasteiger partial charge on any atom is 0.324 e. The fourth-order valence-corrected chi connectivity index (χ4v) is 1.71. The minimum atomic E-state index is -1.37. The molecule has 0 aliphatic carbocycles. The maximum absolute atomic E-state index is 11.3. The van der Waals surface area contributed by atoms with E-state index < -0.39 is 16.9 Å². The molecule has 1 aromatic carbocycles. The predicted molar refractivity (Wildman–Crippen MR) is 66.2 cm³/mol. The van der Waals surface area contributed by atoms with Gasteiger partial charge in [0.25, 0.3) is 0 Å². The van der Waals surface area contributed by atoms with E-state index >= 15 is 0 Å². The molecular weight excluding hydrogens is 218 g/mol. The van der Waals surface area contributed by atoms with Crippen LogP contribution in [0.4, 0.5) is 0 Å². The van der Waals surface area contributed by atoms with Crippen molar-refractivity contribution < 1.29 is 14.6 Å². The molecule has 0 amide bonds. The molecule has 1 aromatic rings. The Morgan fingerprint density at radius 1 is 1.29 bits per heavy atom. The topological polar surface area (TPSA) is 72.5 Å². The molecule has 0 saturated heterocycles. The van der Waals surface area contributed by atoms with Gasteiger partial charge in [-0.15, -0.1) is 0 Å². The lowest BCUT2D eigenvalue weighted by Gasteiger charge is -2.38. The summed E-state index contributed by atoms with van der Waals surface area (Å²) >= 11 is 0. The van der Waals surface area contributed by atoms with Gasteiger partial charge in [-0.3, -0.25) is 4.79 Å². The number of rotatable bonds is 4. The number of para-hydroxylation sites is 1. The Morgan fingerprint density at radius 2 is 1.82 bits per heavy atom. The van der Waals surface area contributed by atoms with Gasteiger partial charge in [0.2, 0.25) is 0 Å². The van der Waals surface area contributed by atoms with Crippen LogP contribution in [0, 0.1) is 0 Å². The average Bonchev–Trinajstić information content (AvgIpc) is 2.28. The Bertz CT molecular complexity index is 424. The lowest BCUT2D eigenvalue weighted by Crippen LogP contribution is -2.58. The number of nitrogens with two attached hydrogens (primary N) is 1. The molecule has 1 atom stereocenters. The van der Waals surface area contributed by atoms with Gasteiger partial charge < -0.3 is 15.6 Å². The summed E-state index contributed by atoms with van der Waals surface area (Å²) in [7, 11) is 1.56. The Kier molecular flexibility index (Phi) is 3.48. The van der Waals surface area contributed by atoms with Crippen LogP contribution in [0.15, 0.2) is 24.3 Å². The quantitative estimate of drug-likeness (QED) is 0.837. The highest BCUT2D eigenvalue weighted by atomic mass is 16.5. The normalized spacial score (nSPS) is 15.1. The van der Waals surface area contributed by atoms with Crippen LogP contribution in [0.3, 0.4) is 0 Å². The fraction of sp³-hybridized carbons (Fsp3) is 0.462. The van der Waals surface area contributed by atoms with Gasteiger partial charge in [-0.25, -0.2) is 0 Å². The highest BCUT2D eigenvalue weighted by Gasteiger charge is 2.46. The summed E-state index contributed by atoms with van der Waals surface area (Å²) < 4.78 is 5.26. The van der Waals surface area contributed by atoms with Gasteiger partial charge in [-0.05, 0) is 13.0 Å². The van der Waals surface area contributed by atoms with Gasteiger partial charge >= 0.3 is 5.97 Å². The van der Waals surface area contributed by atoms with Gasteiger partial charge in [-0.1, -0.05) is 32.0 Å². The van der Waals surface area contributed by atoms with E-state index in [1.54, 1.807) is 27.0 Å². The molecule has 0 saturated carbocycles. The molecular formula is C13H19NO3. The van der Waals surface area contributed by atoms with Crippen LogP contribution in [0.5, 0.6) is 5.75 Å². The second kappa shape index (κ2) is 4.37. The Balaban J connectivity index is 3.35. The molecule has 3 N–H and O–H groups in total. The zero-order chi connectivity index (χ0) is 13.3. The standard InChI is InChI=1S/C13H19NO3/c1-12(2,13(3,14)11(15)16)9-7-5-6-8-10(9)17-4/h5-8H,14H2,1-4H3,(H,15,16). The molecule has 0 heterocycles. The van der Waals surface area contributed by atoms with Crippen LogP contribution in [-0.4, -0.2) is 23.7 Å². The molecule has 1 rings (SSSR count). The first-order chi connectivity index (χ1) is 7.75. The highest BCUT2D eigenvalue weighted by molar-refractivity contribution is 5.80. The van der Waals surface area contributed by atoms with Gasteiger partial charge in [-0.2, -0.15) is 0 Å². The van der Waals surface area contributed by atoms with Crippen LogP contribution in [0.2, 0.25) is 0 Å². The summed E-state index contributed by atoms with van der Waals surface area (Å²) in [6.07, 6.45) is 0. The first-order valence-corrected chi connectivity index (χ1v) is 5.41. The van der Waals surface area contributed by atoms with Crippen LogP contribution in [0.25, 0.3) is 0 Å². The van der Waals surface area contributed by atoms with Crippen molar-refractivity contribution in [2.75, 3.05) is 7.11 Å². The van der Waals surface area contributed by atoms with Crippen molar-refractivity contribution in [3.05, 3.63) is 29.8 Å². The summed E-state index contributed by atoms with van der Waals surface area (Å²) in [5.74, 6) is -0.385. The Hall–Kier alpha value is -1.55. The summed E-state index contributed by atoms with van der Waals surface area (Å²) in [5.41, 5.74) is 4.61. The van der Waals surface area contributed by atoms with Crippen molar-refractivity contribution >= 4 is 5.97 Å². The van der Waals surface area contributed by atoms with E-state index in [1.165, 1.54) is 6.92 Å². The zero-order valence-electron chi connectivity index (χ0n) is 10.7. The summed E-state index contributed by atoms with van der Waals surface area (Å²) in [4.78, 5) is 11.3. The molecule has 0 fully saturated rings. The lowest BCUT2D eigenvalue weighted by molar-refractivity contribution is -0.145. The molecule has 4 nitrogen and oxygen atoms in total. The van der Waals surface area contributed by atoms with Gasteiger partial charge in [0.1, 0.15) is 11.3 Å². The smallest absolute Gasteiger partial charge is 0.324 e. The van der Waals surface area contributed by atoms with Crippen LogP contribution in [0.1, 0.15) is 26.3 Å². The van der Waals surface area contributed by atoms with Gasteiger partial charge in [0.05, 0.1) is 7.11 Å². The number of aliphatic carboxylic acids is 1. The Morgan fingerprint density at radius 3 is 2.29 bits per heavy atom. The second-order valence-corrected chi connectivity index (χ2v) is 4.83. The van der Waals surface area contributed by atoms with Crippen molar-refractivity contribution in [1.29, 1.82) is 0 Å². The van der Waals surface area contributed by atoms with Crippen molar-refractivity contribution in [3.8, 4) is 5.75 Å². The predicted octanol–water partition coefficient (Wildman–Crippen LogP) is 1.77. The average molecular weight is 237 g/mol. The minimum absolute atomic E-state index is 0.649. The van der Waals surface area contributed by atoms with Crippen LogP contribution >= 0.6 is 0 Å². The van der Waals surface area contributed by atoms with Crippen LogP contribution < -0.4 is 10.5 Å². The highest BCUT2D eigenvalue weighted by Crippen LogP contribution is 2.38. The number of hydrogen-bond acceptors (Lipinski definition) is 3. The number of carbonyl (C=O) groups is 1. The lowest BCUT2D eigenvalue weighted by atomic mass is 9.69. The number of benzene rings is 1. The third-order valence-electron chi connectivity index (χ3n) is 3.52. The fourth-order valence-electron chi connectivity index (χ4n) is 1.71. The molecule has 17 heavy (non-hydrogen) atoms. The number of methoxy groups -OCH3 is 1. The second-order valence-electron chi connectivity index (χ2n) is 4.83. The largest absolute Gasteiger partial charge is 0.496 e. The molecule has 0 spiro atoms. The minimum Gasteiger partial charge on any atom is -0.496 e. The number of carboxylic acids is 1. The summed E-state index contributed by atoms with van der Waals surface area (Å²) in [5, 5.41) is 9.24. The zero-order valence-corrected chi connectivity index (χ0v) is 10.7. The van der Waals surface area contributed by atoms with Crippen molar-refractivity contribution in [3.63, 3.8) is 0 Å². The van der Waals surface area contributed by atoms with Crippen LogP contribution in [-0.2, 0) is 10.2 Å². The van der Waals surface area contributed by atoms with E-state index in [1.807, 2.05) is 18.2 Å². The van der Waals surface area contributed by atoms with Crippen molar-refractivity contribution in [2.24, 2.45) is 5.73 Å². The number of hydrogen-bond donors (Lipinski definition) is 2. The summed E-state index contributed by atoms with van der Waals surface area (Å²) in [6, 6.07) is 7.33. The molecule has 0 aliphatic rings. The first-order valence-electron chi connectivity index (χ1n) is 5.41. The number of carboxylic acid groups (broad SMARTS) is 1. The number of ether oxygens (including phenoxy) is 1. The third kappa shape index (κ3) is 2.13. The molecule has 94 valence electrons. The van der Waals surface area contributed by atoms with E-state index in [0.29, 0.717) is 5.75 Å². The van der Waals surface area contributed by atoms with E-state index in [9.17, 15) is 9.90 Å². The van der Waals surface area contributed by atoms with E-state index in [-0.39, 0.29) is 0 Å². The monoisotopic (exact) mass is 237 g/mol. The van der Waals surface area contributed by atoms with Crippen molar-refractivity contribution in [2.45, 2.75) is 31.7 Å². The third-order valence-corrected chi connectivity index (χ3v) is 3.52. The molecule has 0 bridgehead atoms. The van der Waals surface area contributed by atoms with Crippen molar-refractivity contribution in [1.82, 2.24) is 0 Å². The summed E-state index contributed by atoms with van der Waals surface area (Å²) in [6.45, 7) is 5.12. The SMILES string of the molecule is COc1ccccc1C(C)(C)C(C)(N)C(=O)O. The molecule has 0 aliphatic heterocycles. The molecule has 0 radical (unpaired) electrons. The van der Waals surface area contributed by atoms with Gasteiger partial charge in [0, 0.05) is 11.0 Å². The van der Waals surface area contributed by atoms with E-state index in [2.05, 4.69) is 0 Å². The molecule has 0 aromatic heterocycles. The Labute approximate surface area is 101 Å². The first kappa shape index (κ1) is 13.5. The van der Waals surface area contributed by atoms with E-state index in [4.69, 9.17) is 10.5 Å². The molecule has 4 heteroatoms. The molecule has 1 unspecified atom stereocenters. The van der Waals surface area contributed by atoms with E-state index in [0.717, 1.165) is 5.56 Å². The van der Waals surface area contributed by atoms with Gasteiger partial charge in [0.15, 0.2) is 0 Å². The maximum atomic E-state index is 11.3.